The Morgan fingerprint density at radius 2 is 1.64 bits per heavy atom. The molecule has 0 radical (unpaired) electrons. The summed E-state index contributed by atoms with van der Waals surface area (Å²) < 4.78 is 10.7. The molecule has 0 unspecified atom stereocenters. The van der Waals surface area contributed by atoms with Crippen LogP contribution in [0.1, 0.15) is 44.9 Å². The highest BCUT2D eigenvalue weighted by atomic mass is 16.5. The topological polar surface area (TPSA) is 72.5 Å². The Morgan fingerprint density at radius 1 is 1.00 bits per heavy atom. The molecular weight excluding hydrogens is 356 g/mol. The first-order valence-corrected chi connectivity index (χ1v) is 10.4. The van der Waals surface area contributed by atoms with Crippen molar-refractivity contribution in [1.82, 2.24) is 0 Å². The SMILES string of the molecule is COc1ccc(N2C(=O)C[C@@H]([NH2+]C34CC5CC(CC(C5)C3)C4)C2=O)c(OC)c1. The third kappa shape index (κ3) is 2.81. The number of methoxy groups -OCH3 is 2. The van der Waals surface area contributed by atoms with E-state index in [0.717, 1.165) is 17.8 Å². The maximum atomic E-state index is 13.3. The van der Waals surface area contributed by atoms with E-state index < -0.39 is 0 Å². The van der Waals surface area contributed by atoms with Crippen LogP contribution in [0.2, 0.25) is 0 Å². The van der Waals surface area contributed by atoms with Gasteiger partial charge in [0.05, 0.1) is 31.9 Å². The summed E-state index contributed by atoms with van der Waals surface area (Å²) in [5.41, 5.74) is 0.690. The lowest BCUT2D eigenvalue weighted by molar-refractivity contribution is -0.755. The van der Waals surface area contributed by atoms with Gasteiger partial charge in [-0.2, -0.15) is 0 Å². The molecule has 1 aromatic carbocycles. The Labute approximate surface area is 165 Å². The standard InChI is InChI=1S/C22H28N2O4/c1-27-16-3-4-18(19(8-16)28-2)24-20(25)9-17(21(24)26)23-22-10-13-5-14(11-22)7-15(6-13)12-22/h3-4,8,13-15,17,23H,5-7,9-12H2,1-2H3/p+1/t13?,14?,15?,17-,22?/m1/s1. The van der Waals surface area contributed by atoms with E-state index in [1.54, 1.807) is 32.4 Å². The Bertz CT molecular complexity index is 785. The molecule has 5 aliphatic rings. The van der Waals surface area contributed by atoms with E-state index in [4.69, 9.17) is 9.47 Å². The number of hydrogen-bond acceptors (Lipinski definition) is 4. The van der Waals surface area contributed by atoms with E-state index in [9.17, 15) is 9.59 Å². The summed E-state index contributed by atoms with van der Waals surface area (Å²) in [4.78, 5) is 27.4. The number of amides is 2. The Kier molecular flexibility index (Phi) is 4.16. The van der Waals surface area contributed by atoms with Crippen LogP contribution in [0.4, 0.5) is 5.69 Å². The number of hydrogen-bond donors (Lipinski definition) is 1. The number of nitrogens with zero attached hydrogens (tertiary/aromatic N) is 1. The molecule has 2 N–H and O–H groups in total. The predicted octanol–water partition coefficient (Wildman–Crippen LogP) is 1.87. The normalized spacial score (nSPS) is 36.3. The van der Waals surface area contributed by atoms with Crippen LogP contribution in [0.3, 0.4) is 0 Å². The molecule has 1 atom stereocenters. The number of quaternary nitrogens is 1. The first-order valence-electron chi connectivity index (χ1n) is 10.4. The average molecular weight is 385 g/mol. The van der Waals surface area contributed by atoms with Crippen molar-refractivity contribution in [3.8, 4) is 11.5 Å². The van der Waals surface area contributed by atoms with Crippen molar-refractivity contribution in [3.63, 3.8) is 0 Å². The second kappa shape index (κ2) is 6.48. The van der Waals surface area contributed by atoms with Crippen molar-refractivity contribution >= 4 is 17.5 Å². The van der Waals surface area contributed by atoms with Gasteiger partial charge in [-0.25, -0.2) is 4.90 Å². The van der Waals surface area contributed by atoms with Crippen molar-refractivity contribution < 1.29 is 24.4 Å². The van der Waals surface area contributed by atoms with Gasteiger partial charge in [0, 0.05) is 25.3 Å². The highest BCUT2D eigenvalue weighted by Crippen LogP contribution is 2.54. The zero-order chi connectivity index (χ0) is 19.5. The van der Waals surface area contributed by atoms with E-state index in [1.807, 2.05) is 0 Å². The van der Waals surface area contributed by atoms with Crippen LogP contribution in [0.25, 0.3) is 0 Å². The second-order valence-electron chi connectivity index (χ2n) is 9.36. The number of carbonyl (C=O) groups is 2. The summed E-state index contributed by atoms with van der Waals surface area (Å²) in [5.74, 6) is 3.35. The van der Waals surface area contributed by atoms with Crippen molar-refractivity contribution in [1.29, 1.82) is 0 Å². The predicted molar refractivity (Wildman–Crippen MR) is 103 cm³/mol. The molecule has 0 aromatic heterocycles. The highest BCUT2D eigenvalue weighted by Gasteiger charge is 2.56. The van der Waals surface area contributed by atoms with E-state index in [1.165, 1.54) is 43.4 Å². The zero-order valence-corrected chi connectivity index (χ0v) is 16.6. The van der Waals surface area contributed by atoms with Gasteiger partial charge < -0.3 is 14.8 Å². The minimum Gasteiger partial charge on any atom is -0.497 e. The number of imide groups is 1. The maximum Gasteiger partial charge on any atom is 0.292 e. The van der Waals surface area contributed by atoms with Crippen LogP contribution in [0, 0.1) is 17.8 Å². The smallest absolute Gasteiger partial charge is 0.292 e. The quantitative estimate of drug-likeness (QED) is 0.786. The number of anilines is 1. The molecule has 4 aliphatic carbocycles. The van der Waals surface area contributed by atoms with Gasteiger partial charge in [0.15, 0.2) is 6.04 Å². The van der Waals surface area contributed by atoms with E-state index in [2.05, 4.69) is 5.32 Å². The van der Waals surface area contributed by atoms with Gasteiger partial charge in [0.2, 0.25) is 5.91 Å². The average Bonchev–Trinajstić information content (AvgIpc) is 2.92. The lowest BCUT2D eigenvalue weighted by Gasteiger charge is -2.55. The molecule has 6 heteroatoms. The number of carbonyl (C=O) groups excluding carboxylic acids is 2. The van der Waals surface area contributed by atoms with Crippen molar-refractivity contribution in [2.75, 3.05) is 19.1 Å². The largest absolute Gasteiger partial charge is 0.497 e. The molecule has 6 nitrogen and oxygen atoms in total. The Hall–Kier alpha value is -2.08. The third-order valence-corrected chi connectivity index (χ3v) is 7.45. The van der Waals surface area contributed by atoms with Crippen LogP contribution in [-0.2, 0) is 9.59 Å². The number of rotatable bonds is 5. The summed E-state index contributed by atoms with van der Waals surface area (Å²) in [6.45, 7) is 0. The molecular formula is C22H29N2O4+. The van der Waals surface area contributed by atoms with E-state index in [0.29, 0.717) is 17.2 Å². The molecule has 4 saturated carbocycles. The molecule has 1 aliphatic heterocycles. The molecule has 1 saturated heterocycles. The van der Waals surface area contributed by atoms with Gasteiger partial charge >= 0.3 is 0 Å². The minimum atomic E-state index is -0.310. The van der Waals surface area contributed by atoms with Crippen molar-refractivity contribution in [2.24, 2.45) is 17.8 Å². The van der Waals surface area contributed by atoms with Gasteiger partial charge in [-0.15, -0.1) is 0 Å². The molecule has 1 heterocycles. The number of ether oxygens (including phenoxy) is 2. The van der Waals surface area contributed by atoms with Crippen LogP contribution in [-0.4, -0.2) is 37.6 Å². The highest BCUT2D eigenvalue weighted by molar-refractivity contribution is 6.22. The lowest BCUT2D eigenvalue weighted by Crippen LogP contribution is -3.03. The number of nitrogens with two attached hydrogens (primary N) is 1. The Balaban J connectivity index is 1.38. The van der Waals surface area contributed by atoms with Gasteiger partial charge in [0.25, 0.3) is 5.91 Å². The second-order valence-corrected chi connectivity index (χ2v) is 9.36. The molecule has 6 rings (SSSR count). The number of benzene rings is 1. The van der Waals surface area contributed by atoms with Crippen LogP contribution >= 0.6 is 0 Å². The zero-order valence-electron chi connectivity index (χ0n) is 16.6. The monoisotopic (exact) mass is 385 g/mol. The first-order chi connectivity index (χ1) is 13.5. The summed E-state index contributed by atoms with van der Waals surface area (Å²) >= 11 is 0. The van der Waals surface area contributed by atoms with Gasteiger partial charge in [0.1, 0.15) is 11.5 Å². The molecule has 150 valence electrons. The summed E-state index contributed by atoms with van der Waals surface area (Å²) in [5, 5.41) is 2.29. The lowest BCUT2D eigenvalue weighted by atomic mass is 9.53. The minimum absolute atomic E-state index is 0.107. The Morgan fingerprint density at radius 3 is 2.21 bits per heavy atom. The van der Waals surface area contributed by atoms with Gasteiger partial charge in [-0.1, -0.05) is 0 Å². The van der Waals surface area contributed by atoms with Crippen molar-refractivity contribution in [2.45, 2.75) is 56.5 Å². The third-order valence-electron chi connectivity index (χ3n) is 7.45. The molecule has 0 spiro atoms. The van der Waals surface area contributed by atoms with Crippen LogP contribution < -0.4 is 19.7 Å². The summed E-state index contributed by atoms with van der Waals surface area (Å²) in [6.07, 6.45) is 8.03. The molecule has 1 aromatic rings. The van der Waals surface area contributed by atoms with Crippen LogP contribution in [0.5, 0.6) is 11.5 Å². The fourth-order valence-electron chi connectivity index (χ4n) is 6.82. The van der Waals surface area contributed by atoms with Gasteiger partial charge in [-0.3, -0.25) is 9.59 Å². The molecule has 28 heavy (non-hydrogen) atoms. The van der Waals surface area contributed by atoms with E-state index >= 15 is 0 Å². The fourth-order valence-corrected chi connectivity index (χ4v) is 6.82. The fraction of sp³-hybridized carbons (Fsp3) is 0.636. The molecule has 4 bridgehead atoms. The maximum absolute atomic E-state index is 13.3. The van der Waals surface area contributed by atoms with Crippen molar-refractivity contribution in [3.05, 3.63) is 18.2 Å². The molecule has 5 fully saturated rings. The van der Waals surface area contributed by atoms with Crippen LogP contribution in [0.15, 0.2) is 18.2 Å². The summed E-state index contributed by atoms with van der Waals surface area (Å²) in [7, 11) is 3.12. The van der Waals surface area contributed by atoms with E-state index in [-0.39, 0.29) is 29.8 Å². The summed E-state index contributed by atoms with van der Waals surface area (Å²) in [6, 6.07) is 4.90. The first kappa shape index (κ1) is 18.0. The molecule has 2 amide bonds. The van der Waals surface area contributed by atoms with Gasteiger partial charge in [-0.05, 0) is 49.1 Å².